The summed E-state index contributed by atoms with van der Waals surface area (Å²) in [5, 5.41) is 9.68. The molecule has 0 bridgehead atoms. The van der Waals surface area contributed by atoms with Crippen molar-refractivity contribution < 1.29 is 14.3 Å². The van der Waals surface area contributed by atoms with Gasteiger partial charge in [-0.1, -0.05) is 6.07 Å². The molecule has 1 aromatic heterocycles. The summed E-state index contributed by atoms with van der Waals surface area (Å²) in [5.41, 5.74) is 3.70. The van der Waals surface area contributed by atoms with Gasteiger partial charge < -0.3 is 14.5 Å². The molecule has 33 heavy (non-hydrogen) atoms. The number of amides is 2. The van der Waals surface area contributed by atoms with Crippen LogP contribution in [0.1, 0.15) is 52.7 Å². The number of carbonyl (C=O) groups excluding carboxylic acids is 2. The Labute approximate surface area is 193 Å². The van der Waals surface area contributed by atoms with Gasteiger partial charge in [-0.3, -0.25) is 9.69 Å². The molecule has 3 fully saturated rings. The molecule has 2 aromatic rings. The van der Waals surface area contributed by atoms with Gasteiger partial charge in [0.05, 0.1) is 17.2 Å². The summed E-state index contributed by atoms with van der Waals surface area (Å²) in [6.07, 6.45) is 4.08. The van der Waals surface area contributed by atoms with Crippen LogP contribution >= 0.6 is 0 Å². The number of rotatable bonds is 4. The van der Waals surface area contributed by atoms with Crippen LogP contribution in [0.15, 0.2) is 30.5 Å². The first-order valence-electron chi connectivity index (χ1n) is 11.5. The maximum atomic E-state index is 13.2. The van der Waals surface area contributed by atoms with E-state index < -0.39 is 6.09 Å². The Balaban J connectivity index is 1.28. The van der Waals surface area contributed by atoms with Gasteiger partial charge in [0.1, 0.15) is 18.5 Å². The number of aromatic nitrogens is 1. The molecule has 3 aliphatic rings. The minimum absolute atomic E-state index is 0.117. The van der Waals surface area contributed by atoms with Crippen molar-refractivity contribution in [3.8, 4) is 6.07 Å². The number of hydrogen-bond acceptors (Lipinski definition) is 6. The number of piperazine rings is 1. The summed E-state index contributed by atoms with van der Waals surface area (Å²) >= 11 is 0. The Morgan fingerprint density at radius 3 is 2.55 bits per heavy atom. The van der Waals surface area contributed by atoms with Crippen LogP contribution in [0.3, 0.4) is 0 Å². The van der Waals surface area contributed by atoms with E-state index in [9.17, 15) is 14.9 Å². The number of nitriles is 1. The van der Waals surface area contributed by atoms with Gasteiger partial charge in [0.2, 0.25) is 0 Å². The maximum absolute atomic E-state index is 13.2. The molecule has 1 aromatic carbocycles. The molecular formula is C25H27N5O3. The molecule has 170 valence electrons. The van der Waals surface area contributed by atoms with Crippen molar-refractivity contribution in [3.63, 3.8) is 0 Å². The Morgan fingerprint density at radius 2 is 1.94 bits per heavy atom. The van der Waals surface area contributed by atoms with E-state index in [4.69, 9.17) is 9.72 Å². The first-order chi connectivity index (χ1) is 16.0. The lowest BCUT2D eigenvalue weighted by Crippen LogP contribution is -2.49. The average molecular weight is 446 g/mol. The van der Waals surface area contributed by atoms with E-state index in [1.54, 1.807) is 23.1 Å². The van der Waals surface area contributed by atoms with Gasteiger partial charge >= 0.3 is 6.09 Å². The largest absolute Gasteiger partial charge is 0.447 e. The highest BCUT2D eigenvalue weighted by atomic mass is 16.6. The number of nitrogens with zero attached hydrogens (tertiary/aromatic N) is 5. The minimum atomic E-state index is -0.435. The first kappa shape index (κ1) is 21.3. The van der Waals surface area contributed by atoms with Gasteiger partial charge in [0.15, 0.2) is 0 Å². The van der Waals surface area contributed by atoms with E-state index in [0.29, 0.717) is 50.0 Å². The molecule has 0 unspecified atom stereocenters. The van der Waals surface area contributed by atoms with E-state index in [0.717, 1.165) is 5.82 Å². The van der Waals surface area contributed by atoms with Crippen LogP contribution in [0.4, 0.5) is 16.3 Å². The van der Waals surface area contributed by atoms with Crippen molar-refractivity contribution in [3.05, 3.63) is 52.7 Å². The summed E-state index contributed by atoms with van der Waals surface area (Å²) in [6.45, 7) is 6.80. The van der Waals surface area contributed by atoms with Crippen LogP contribution < -0.4 is 9.80 Å². The molecule has 1 atom stereocenters. The van der Waals surface area contributed by atoms with Crippen molar-refractivity contribution >= 4 is 23.5 Å². The third kappa shape index (κ3) is 3.99. The third-order valence-electron chi connectivity index (χ3n) is 6.70. The lowest BCUT2D eigenvalue weighted by Gasteiger charge is -2.36. The first-order valence-corrected chi connectivity index (χ1v) is 11.5. The standard InChI is InChI=1S/C25H27N5O3/c1-16-11-20(18-3-4-18)14-27-23(16)28-7-9-29(10-8-28)24(31)22-6-5-21(12-19(22)13-26)30-17(2)15-33-25(30)32/h5-6,11-12,14,17-18H,3-4,7-10,15H2,1-2H3/t17-/m1/s1. The predicted octanol–water partition coefficient (Wildman–Crippen LogP) is 3.45. The predicted molar refractivity (Wildman–Crippen MR) is 124 cm³/mol. The molecule has 0 N–H and O–H groups in total. The normalized spacial score (nSPS) is 20.6. The number of carbonyl (C=O) groups is 2. The zero-order valence-corrected chi connectivity index (χ0v) is 19.0. The van der Waals surface area contributed by atoms with Gasteiger partial charge in [-0.15, -0.1) is 0 Å². The number of ether oxygens (including phenoxy) is 1. The molecule has 1 saturated carbocycles. The number of cyclic esters (lactones) is 1. The minimum Gasteiger partial charge on any atom is -0.447 e. The summed E-state index contributed by atoms with van der Waals surface area (Å²) in [7, 11) is 0. The fraction of sp³-hybridized carbons (Fsp3) is 0.440. The zero-order chi connectivity index (χ0) is 23.1. The molecule has 8 heteroatoms. The van der Waals surface area contributed by atoms with Crippen molar-refractivity contribution in [2.24, 2.45) is 0 Å². The summed E-state index contributed by atoms with van der Waals surface area (Å²) in [4.78, 5) is 35.5. The second-order valence-corrected chi connectivity index (χ2v) is 9.10. The molecule has 8 nitrogen and oxygen atoms in total. The molecule has 0 radical (unpaired) electrons. The van der Waals surface area contributed by atoms with Crippen LogP contribution in [-0.4, -0.2) is 60.7 Å². The molecule has 0 spiro atoms. The second-order valence-electron chi connectivity index (χ2n) is 9.10. The Bertz CT molecular complexity index is 1150. The number of aryl methyl sites for hydroxylation is 1. The quantitative estimate of drug-likeness (QED) is 0.716. The van der Waals surface area contributed by atoms with Crippen LogP contribution in [-0.2, 0) is 4.74 Å². The van der Waals surface area contributed by atoms with Crippen LogP contribution in [0, 0.1) is 18.3 Å². The fourth-order valence-electron chi connectivity index (χ4n) is 4.69. The highest BCUT2D eigenvalue weighted by molar-refractivity contribution is 5.98. The molecule has 2 aliphatic heterocycles. The smallest absolute Gasteiger partial charge is 0.414 e. The van der Waals surface area contributed by atoms with Crippen molar-refractivity contribution in [2.45, 2.75) is 38.6 Å². The van der Waals surface area contributed by atoms with E-state index in [2.05, 4.69) is 24.0 Å². The zero-order valence-electron chi connectivity index (χ0n) is 19.0. The van der Waals surface area contributed by atoms with Crippen LogP contribution in [0.2, 0.25) is 0 Å². The summed E-state index contributed by atoms with van der Waals surface area (Å²) < 4.78 is 5.07. The van der Waals surface area contributed by atoms with Gasteiger partial charge in [-0.05, 0) is 61.9 Å². The van der Waals surface area contributed by atoms with E-state index in [1.165, 1.54) is 28.9 Å². The SMILES string of the molecule is Cc1cc(C2CC2)cnc1N1CCN(C(=O)c2ccc(N3C(=O)OC[C@H]3C)cc2C#N)CC1. The number of pyridine rings is 1. The Hall–Kier alpha value is -3.60. The van der Waals surface area contributed by atoms with E-state index in [1.807, 2.05) is 13.1 Å². The summed E-state index contributed by atoms with van der Waals surface area (Å²) in [5.74, 6) is 1.50. The number of anilines is 2. The van der Waals surface area contributed by atoms with E-state index >= 15 is 0 Å². The van der Waals surface area contributed by atoms with Gasteiger partial charge in [0.25, 0.3) is 5.91 Å². The molecule has 2 amide bonds. The molecule has 1 aliphatic carbocycles. The van der Waals surface area contributed by atoms with Crippen molar-refractivity contribution in [1.29, 1.82) is 5.26 Å². The van der Waals surface area contributed by atoms with Crippen molar-refractivity contribution in [1.82, 2.24) is 9.88 Å². The molecule has 2 saturated heterocycles. The molecule has 3 heterocycles. The number of hydrogen-bond donors (Lipinski definition) is 0. The lowest BCUT2D eigenvalue weighted by atomic mass is 10.0. The number of benzene rings is 1. The van der Waals surface area contributed by atoms with Gasteiger partial charge in [-0.2, -0.15) is 5.26 Å². The maximum Gasteiger partial charge on any atom is 0.414 e. The highest BCUT2D eigenvalue weighted by Gasteiger charge is 2.32. The Kier molecular flexibility index (Phi) is 5.41. The van der Waals surface area contributed by atoms with Crippen LogP contribution in [0.25, 0.3) is 0 Å². The average Bonchev–Trinajstić information content (AvgIpc) is 3.63. The van der Waals surface area contributed by atoms with Gasteiger partial charge in [0, 0.05) is 38.1 Å². The van der Waals surface area contributed by atoms with E-state index in [-0.39, 0.29) is 17.5 Å². The third-order valence-corrected chi connectivity index (χ3v) is 6.70. The highest BCUT2D eigenvalue weighted by Crippen LogP contribution is 2.40. The topological polar surface area (TPSA) is 89.8 Å². The van der Waals surface area contributed by atoms with Gasteiger partial charge in [-0.25, -0.2) is 9.78 Å². The van der Waals surface area contributed by atoms with Crippen molar-refractivity contribution in [2.75, 3.05) is 42.6 Å². The lowest BCUT2D eigenvalue weighted by molar-refractivity contribution is 0.0746. The summed E-state index contributed by atoms with van der Waals surface area (Å²) in [6, 6.07) is 9.20. The second kappa shape index (κ2) is 8.39. The molecule has 5 rings (SSSR count). The fourth-order valence-corrected chi connectivity index (χ4v) is 4.69. The Morgan fingerprint density at radius 1 is 1.18 bits per heavy atom. The van der Waals surface area contributed by atoms with Crippen LogP contribution in [0.5, 0.6) is 0 Å². The monoisotopic (exact) mass is 445 g/mol. The molecular weight excluding hydrogens is 418 g/mol.